The molecule has 0 bridgehead atoms. The number of anilines is 1. The number of hydrogen-bond acceptors (Lipinski definition) is 4. The second-order valence-electron chi connectivity index (χ2n) is 6.99. The van der Waals surface area contributed by atoms with Gasteiger partial charge < -0.3 is 4.74 Å². The molecule has 1 aliphatic rings. The van der Waals surface area contributed by atoms with E-state index in [1.54, 1.807) is 42.5 Å². The number of amides is 2. The van der Waals surface area contributed by atoms with Gasteiger partial charge in [-0.2, -0.15) is 0 Å². The van der Waals surface area contributed by atoms with Gasteiger partial charge in [0.1, 0.15) is 5.75 Å². The highest BCUT2D eigenvalue weighted by Gasteiger charge is 2.40. The van der Waals surface area contributed by atoms with E-state index in [2.05, 4.69) is 0 Å². The molecule has 0 fully saturated rings. The molecule has 0 radical (unpaired) electrons. The second kappa shape index (κ2) is 8.41. The van der Waals surface area contributed by atoms with E-state index >= 15 is 0 Å². The Kier molecular flexibility index (Phi) is 6.16. The van der Waals surface area contributed by atoms with Crippen LogP contribution in [0.2, 0.25) is 5.02 Å². The van der Waals surface area contributed by atoms with Gasteiger partial charge in [-0.1, -0.05) is 43.6 Å². The van der Waals surface area contributed by atoms with Crippen LogP contribution in [0.1, 0.15) is 33.3 Å². The number of nitrogens with zero attached hydrogens (tertiary/aromatic N) is 1. The number of carbonyl (C=O) groups is 2. The van der Waals surface area contributed by atoms with Crippen LogP contribution in [0.4, 0.5) is 5.69 Å². The normalized spacial score (nSPS) is 14.6. The molecule has 2 aromatic carbocycles. The zero-order valence-corrected chi connectivity index (χ0v) is 17.8. The molecule has 0 unspecified atom stereocenters. The molecule has 2 amide bonds. The van der Waals surface area contributed by atoms with Crippen LogP contribution >= 0.6 is 23.4 Å². The third kappa shape index (κ3) is 4.26. The SMILES string of the molecule is CC(C)Oc1cccc(N2C(=O)C(SC(C)C)=C(c3ccc(Cl)cc3)C2=O)c1. The van der Waals surface area contributed by atoms with Gasteiger partial charge >= 0.3 is 0 Å². The summed E-state index contributed by atoms with van der Waals surface area (Å²) in [5.41, 5.74) is 1.59. The van der Waals surface area contributed by atoms with Crippen LogP contribution in [0.5, 0.6) is 5.75 Å². The van der Waals surface area contributed by atoms with Crippen molar-refractivity contribution in [3.8, 4) is 5.75 Å². The van der Waals surface area contributed by atoms with E-state index in [0.29, 0.717) is 32.5 Å². The van der Waals surface area contributed by atoms with Gasteiger partial charge in [0.05, 0.1) is 22.3 Å². The third-order valence-electron chi connectivity index (χ3n) is 3.98. The topological polar surface area (TPSA) is 46.6 Å². The average Bonchev–Trinajstić information content (AvgIpc) is 2.85. The summed E-state index contributed by atoms with van der Waals surface area (Å²) in [7, 11) is 0. The van der Waals surface area contributed by atoms with Crippen molar-refractivity contribution in [2.24, 2.45) is 0 Å². The zero-order valence-electron chi connectivity index (χ0n) is 16.2. The van der Waals surface area contributed by atoms with Gasteiger partial charge in [0, 0.05) is 16.3 Å². The van der Waals surface area contributed by atoms with Crippen LogP contribution in [-0.4, -0.2) is 23.2 Å². The van der Waals surface area contributed by atoms with E-state index in [1.165, 1.54) is 16.7 Å². The van der Waals surface area contributed by atoms with Gasteiger partial charge in [0.15, 0.2) is 0 Å². The molecule has 0 saturated heterocycles. The molecule has 2 aromatic rings. The Morgan fingerprint density at radius 3 is 2.25 bits per heavy atom. The molecule has 0 aliphatic carbocycles. The lowest BCUT2D eigenvalue weighted by molar-refractivity contribution is -0.119. The number of ether oxygens (including phenoxy) is 1. The average molecular weight is 416 g/mol. The lowest BCUT2D eigenvalue weighted by Gasteiger charge is -2.17. The first kappa shape index (κ1) is 20.5. The van der Waals surface area contributed by atoms with Crippen LogP contribution < -0.4 is 9.64 Å². The maximum atomic E-state index is 13.3. The minimum Gasteiger partial charge on any atom is -0.491 e. The fourth-order valence-corrected chi connectivity index (χ4v) is 4.04. The maximum Gasteiger partial charge on any atom is 0.272 e. The number of carbonyl (C=O) groups excluding carboxylic acids is 2. The molecule has 1 aliphatic heterocycles. The zero-order chi connectivity index (χ0) is 20.4. The number of hydrogen-bond donors (Lipinski definition) is 0. The second-order valence-corrected chi connectivity index (χ2v) is 9.01. The van der Waals surface area contributed by atoms with Crippen molar-refractivity contribution in [3.05, 3.63) is 64.0 Å². The molecule has 0 spiro atoms. The summed E-state index contributed by atoms with van der Waals surface area (Å²) in [4.78, 5) is 28.2. The maximum absolute atomic E-state index is 13.3. The summed E-state index contributed by atoms with van der Waals surface area (Å²) < 4.78 is 5.72. The first-order valence-electron chi connectivity index (χ1n) is 9.10. The van der Waals surface area contributed by atoms with E-state index in [0.717, 1.165) is 0 Å². The van der Waals surface area contributed by atoms with Gasteiger partial charge in [0.25, 0.3) is 11.8 Å². The minimum absolute atomic E-state index is 0.00459. The lowest BCUT2D eigenvalue weighted by Crippen LogP contribution is -2.31. The van der Waals surface area contributed by atoms with E-state index in [4.69, 9.17) is 16.3 Å². The van der Waals surface area contributed by atoms with Crippen LogP contribution in [0.25, 0.3) is 5.57 Å². The monoisotopic (exact) mass is 415 g/mol. The quantitative estimate of drug-likeness (QED) is 0.580. The van der Waals surface area contributed by atoms with E-state index in [1.807, 2.05) is 33.8 Å². The van der Waals surface area contributed by atoms with Crippen LogP contribution in [0.3, 0.4) is 0 Å². The molecule has 3 rings (SSSR count). The summed E-state index contributed by atoms with van der Waals surface area (Å²) >= 11 is 7.39. The van der Waals surface area contributed by atoms with Crippen molar-refractivity contribution >= 4 is 46.4 Å². The number of imide groups is 1. The summed E-state index contributed by atoms with van der Waals surface area (Å²) in [5, 5.41) is 0.735. The van der Waals surface area contributed by atoms with Gasteiger partial charge in [-0.25, -0.2) is 4.90 Å². The Labute approximate surface area is 174 Å². The fraction of sp³-hybridized carbons (Fsp3) is 0.273. The fourth-order valence-electron chi connectivity index (χ4n) is 2.93. The molecule has 146 valence electrons. The van der Waals surface area contributed by atoms with Crippen LogP contribution in [0.15, 0.2) is 53.4 Å². The molecule has 6 heteroatoms. The standard InChI is InChI=1S/C22H22ClNO3S/c1-13(2)27-18-7-5-6-17(12-18)24-21(25)19(15-8-10-16(23)11-9-15)20(22(24)26)28-14(3)4/h5-14H,1-4H3. The molecule has 1 heterocycles. The van der Waals surface area contributed by atoms with Crippen molar-refractivity contribution < 1.29 is 14.3 Å². The van der Waals surface area contributed by atoms with E-state index < -0.39 is 0 Å². The predicted octanol–water partition coefficient (Wildman–Crippen LogP) is 5.55. The smallest absolute Gasteiger partial charge is 0.272 e. The molecule has 0 saturated carbocycles. The van der Waals surface area contributed by atoms with Gasteiger partial charge in [0.2, 0.25) is 0 Å². The highest BCUT2D eigenvalue weighted by Crippen LogP contribution is 2.40. The Balaban J connectivity index is 2.04. The molecular weight excluding hydrogens is 394 g/mol. The molecule has 0 aromatic heterocycles. The lowest BCUT2D eigenvalue weighted by atomic mass is 10.1. The van der Waals surface area contributed by atoms with Crippen molar-refractivity contribution in [3.63, 3.8) is 0 Å². The molecule has 0 N–H and O–H groups in total. The largest absolute Gasteiger partial charge is 0.491 e. The minimum atomic E-state index is -0.336. The molecule has 4 nitrogen and oxygen atoms in total. The summed E-state index contributed by atoms with van der Waals surface area (Å²) in [6.45, 7) is 7.84. The predicted molar refractivity (Wildman–Crippen MR) is 116 cm³/mol. The molecular formula is C22H22ClNO3S. The van der Waals surface area contributed by atoms with Crippen LogP contribution in [0, 0.1) is 0 Å². The number of benzene rings is 2. The number of halogens is 1. The van der Waals surface area contributed by atoms with E-state index in [-0.39, 0.29) is 23.2 Å². The van der Waals surface area contributed by atoms with Gasteiger partial charge in [-0.15, -0.1) is 11.8 Å². The Bertz CT molecular complexity index is 935. The van der Waals surface area contributed by atoms with Crippen molar-refractivity contribution in [2.45, 2.75) is 39.0 Å². The van der Waals surface area contributed by atoms with Crippen molar-refractivity contribution in [1.29, 1.82) is 0 Å². The Morgan fingerprint density at radius 1 is 0.964 bits per heavy atom. The third-order valence-corrected chi connectivity index (χ3v) is 5.31. The summed E-state index contributed by atoms with van der Waals surface area (Å²) in [6.07, 6.45) is -0.00459. The first-order chi connectivity index (χ1) is 13.3. The molecule has 28 heavy (non-hydrogen) atoms. The summed E-state index contributed by atoms with van der Waals surface area (Å²) in [6, 6.07) is 14.0. The number of thioether (sulfide) groups is 1. The first-order valence-corrected chi connectivity index (χ1v) is 10.4. The van der Waals surface area contributed by atoms with Crippen LogP contribution in [-0.2, 0) is 9.59 Å². The Hall–Kier alpha value is -2.24. The van der Waals surface area contributed by atoms with Crippen molar-refractivity contribution in [2.75, 3.05) is 4.90 Å². The van der Waals surface area contributed by atoms with E-state index in [9.17, 15) is 9.59 Å². The summed E-state index contributed by atoms with van der Waals surface area (Å²) in [5.74, 6) is -0.0291. The number of rotatable bonds is 6. The Morgan fingerprint density at radius 2 is 1.64 bits per heavy atom. The highest BCUT2D eigenvalue weighted by molar-refractivity contribution is 8.04. The van der Waals surface area contributed by atoms with Gasteiger partial charge in [-0.3, -0.25) is 9.59 Å². The highest BCUT2D eigenvalue weighted by atomic mass is 35.5. The van der Waals surface area contributed by atoms with Crippen molar-refractivity contribution in [1.82, 2.24) is 0 Å². The molecule has 0 atom stereocenters. The van der Waals surface area contributed by atoms with Gasteiger partial charge in [-0.05, 0) is 43.7 Å².